The van der Waals surface area contributed by atoms with Crippen LogP contribution < -0.4 is 15.4 Å². The van der Waals surface area contributed by atoms with E-state index >= 15 is 0 Å². The van der Waals surface area contributed by atoms with E-state index in [1.165, 1.54) is 19.3 Å². The zero-order valence-corrected chi connectivity index (χ0v) is 25.9. The molecule has 0 amide bonds. The number of hydrogen-bond donors (Lipinski definition) is 3. The van der Waals surface area contributed by atoms with Gasteiger partial charge in [0.1, 0.15) is 11.3 Å². The molecular weight excluding hydrogens is 568 g/mol. The van der Waals surface area contributed by atoms with E-state index in [2.05, 4.69) is 36.6 Å². The Morgan fingerprint density at radius 3 is 2.60 bits per heavy atom. The van der Waals surface area contributed by atoms with Crippen LogP contribution in [0.2, 0.25) is 0 Å². The Labute approximate surface area is 254 Å². The number of benzene rings is 1. The second-order valence-corrected chi connectivity index (χ2v) is 13.9. The van der Waals surface area contributed by atoms with Crippen LogP contribution in [-0.4, -0.2) is 102 Å². The summed E-state index contributed by atoms with van der Waals surface area (Å²) in [4.78, 5) is 19.3. The number of aromatic amines is 1. The highest BCUT2D eigenvalue weighted by molar-refractivity contribution is 7.89. The van der Waals surface area contributed by atoms with Gasteiger partial charge >= 0.3 is 0 Å². The molecule has 0 radical (unpaired) electrons. The monoisotopic (exact) mass is 612 g/mol. The molecule has 0 atom stereocenters. The molecule has 0 unspecified atom stereocenters. The summed E-state index contributed by atoms with van der Waals surface area (Å²) in [5.41, 5.74) is 3.33. The predicted octanol–water partition coefficient (Wildman–Crippen LogP) is 4.08. The van der Waals surface area contributed by atoms with Gasteiger partial charge in [0.05, 0.1) is 38.1 Å². The SMILES string of the molecule is COc1cc(C2CCN(S(=O)(=O)CCCN3CCOCC3)CC2)ccc1Nc1nc(NC2CCCCC2)c2[nH]cnc2n1. The summed E-state index contributed by atoms with van der Waals surface area (Å²) in [6, 6.07) is 6.53. The van der Waals surface area contributed by atoms with Crippen LogP contribution in [0.5, 0.6) is 5.75 Å². The highest BCUT2D eigenvalue weighted by atomic mass is 32.2. The van der Waals surface area contributed by atoms with E-state index in [1.807, 2.05) is 12.1 Å². The van der Waals surface area contributed by atoms with E-state index in [0.717, 1.165) is 81.1 Å². The van der Waals surface area contributed by atoms with E-state index in [4.69, 9.17) is 14.5 Å². The van der Waals surface area contributed by atoms with Crippen molar-refractivity contribution in [3.8, 4) is 5.75 Å². The van der Waals surface area contributed by atoms with Gasteiger partial charge in [0.2, 0.25) is 16.0 Å². The van der Waals surface area contributed by atoms with Crippen LogP contribution in [0.25, 0.3) is 11.2 Å². The van der Waals surface area contributed by atoms with Crippen LogP contribution in [0.15, 0.2) is 24.5 Å². The lowest BCUT2D eigenvalue weighted by atomic mass is 9.90. The molecule has 0 spiro atoms. The normalized spacial score (nSPS) is 19.9. The fourth-order valence-corrected chi connectivity index (χ4v) is 8.03. The van der Waals surface area contributed by atoms with Gasteiger partial charge in [-0.25, -0.2) is 17.7 Å². The van der Waals surface area contributed by atoms with E-state index in [0.29, 0.717) is 42.9 Å². The van der Waals surface area contributed by atoms with Crippen molar-refractivity contribution < 1.29 is 17.9 Å². The number of hydrogen-bond acceptors (Lipinski definition) is 10. The first-order chi connectivity index (χ1) is 21.0. The van der Waals surface area contributed by atoms with Gasteiger partial charge in [-0.2, -0.15) is 9.97 Å². The molecule has 13 heteroatoms. The summed E-state index contributed by atoms with van der Waals surface area (Å²) in [7, 11) is -1.60. The largest absolute Gasteiger partial charge is 0.495 e. The number of imidazole rings is 1. The van der Waals surface area contributed by atoms with Gasteiger partial charge in [-0.3, -0.25) is 4.90 Å². The Bertz CT molecular complexity index is 1460. The number of aromatic nitrogens is 4. The molecule has 6 rings (SSSR count). The second-order valence-electron chi connectivity index (χ2n) is 11.9. The minimum absolute atomic E-state index is 0.202. The molecule has 2 aliphatic heterocycles. The first-order valence-corrected chi connectivity index (χ1v) is 17.3. The molecule has 2 aromatic heterocycles. The maximum atomic E-state index is 13.0. The topological polar surface area (TPSA) is 138 Å². The van der Waals surface area contributed by atoms with Gasteiger partial charge in [0, 0.05) is 32.2 Å². The molecule has 3 N–H and O–H groups in total. The number of anilines is 3. The van der Waals surface area contributed by atoms with Gasteiger partial charge in [0.15, 0.2) is 11.5 Å². The van der Waals surface area contributed by atoms with Crippen molar-refractivity contribution >= 4 is 38.6 Å². The van der Waals surface area contributed by atoms with Crippen molar-refractivity contribution in [2.75, 3.05) is 69.4 Å². The van der Waals surface area contributed by atoms with Gasteiger partial charge < -0.3 is 25.1 Å². The van der Waals surface area contributed by atoms with Crippen LogP contribution in [0.3, 0.4) is 0 Å². The molecule has 3 aliphatic rings. The summed E-state index contributed by atoms with van der Waals surface area (Å²) >= 11 is 0. The first-order valence-electron chi connectivity index (χ1n) is 15.7. The zero-order chi connectivity index (χ0) is 29.6. The minimum atomic E-state index is -3.25. The first kappa shape index (κ1) is 30.0. The molecule has 2 saturated heterocycles. The maximum absolute atomic E-state index is 13.0. The molecule has 4 heterocycles. The highest BCUT2D eigenvalue weighted by Gasteiger charge is 2.29. The standard InChI is InChI=1S/C30H44N8O4S/c1-41-26-20-23(22-10-13-38(14-11-22)43(39,40)19-5-12-37-15-17-42-18-16-37)8-9-25(26)34-30-35-28-27(31-21-32-28)29(36-30)33-24-6-3-2-4-7-24/h8-9,20-22,24H,2-7,10-19H2,1H3,(H3,31,32,33,34,35,36). The van der Waals surface area contributed by atoms with Crippen molar-refractivity contribution in [2.24, 2.45) is 0 Å². The molecule has 3 fully saturated rings. The summed E-state index contributed by atoms with van der Waals surface area (Å²) in [6.45, 7) is 5.12. The smallest absolute Gasteiger partial charge is 0.231 e. The Kier molecular flexibility index (Phi) is 9.61. The number of ether oxygens (including phenoxy) is 2. The Morgan fingerprint density at radius 2 is 1.84 bits per heavy atom. The van der Waals surface area contributed by atoms with Crippen LogP contribution in [0.1, 0.15) is 62.8 Å². The average Bonchev–Trinajstić information content (AvgIpc) is 3.51. The number of methoxy groups -OCH3 is 1. The number of morpholine rings is 1. The maximum Gasteiger partial charge on any atom is 0.231 e. The van der Waals surface area contributed by atoms with Crippen molar-refractivity contribution in [1.82, 2.24) is 29.1 Å². The third-order valence-electron chi connectivity index (χ3n) is 9.00. The molecule has 43 heavy (non-hydrogen) atoms. The quantitative estimate of drug-likeness (QED) is 0.290. The predicted molar refractivity (Wildman–Crippen MR) is 168 cm³/mol. The number of piperidine rings is 1. The van der Waals surface area contributed by atoms with E-state index in [9.17, 15) is 8.42 Å². The molecule has 3 aromatic rings. The fourth-order valence-electron chi connectivity index (χ4n) is 6.51. The Morgan fingerprint density at radius 1 is 1.05 bits per heavy atom. The van der Waals surface area contributed by atoms with E-state index in [1.54, 1.807) is 17.7 Å². The molecular formula is C30H44N8O4S. The van der Waals surface area contributed by atoms with Crippen LogP contribution in [0.4, 0.5) is 17.5 Å². The molecule has 1 aliphatic carbocycles. The Hall–Kier alpha value is -3.00. The van der Waals surface area contributed by atoms with E-state index < -0.39 is 10.0 Å². The number of rotatable bonds is 11. The van der Waals surface area contributed by atoms with Crippen molar-refractivity contribution in [2.45, 2.75) is 63.3 Å². The van der Waals surface area contributed by atoms with Crippen LogP contribution in [-0.2, 0) is 14.8 Å². The summed E-state index contributed by atoms with van der Waals surface area (Å²) in [6.07, 6.45) is 9.89. The van der Waals surface area contributed by atoms with Gasteiger partial charge in [-0.05, 0) is 62.3 Å². The van der Waals surface area contributed by atoms with Gasteiger partial charge in [-0.15, -0.1) is 0 Å². The van der Waals surface area contributed by atoms with Crippen molar-refractivity contribution in [3.63, 3.8) is 0 Å². The second kappa shape index (κ2) is 13.7. The number of sulfonamides is 1. The summed E-state index contributed by atoms with van der Waals surface area (Å²) in [5, 5.41) is 6.95. The molecule has 12 nitrogen and oxygen atoms in total. The minimum Gasteiger partial charge on any atom is -0.495 e. The van der Waals surface area contributed by atoms with Gasteiger partial charge in [-0.1, -0.05) is 25.3 Å². The fraction of sp³-hybridized carbons (Fsp3) is 0.633. The third kappa shape index (κ3) is 7.39. The number of nitrogens with zero attached hydrogens (tertiary/aromatic N) is 5. The lowest BCUT2D eigenvalue weighted by Crippen LogP contribution is -2.41. The summed E-state index contributed by atoms with van der Waals surface area (Å²) in [5.74, 6) is 2.38. The Balaban J connectivity index is 1.07. The van der Waals surface area contributed by atoms with Crippen molar-refractivity contribution in [1.29, 1.82) is 0 Å². The zero-order valence-electron chi connectivity index (χ0n) is 25.1. The lowest BCUT2D eigenvalue weighted by Gasteiger charge is -2.32. The summed E-state index contributed by atoms with van der Waals surface area (Å²) < 4.78 is 38.9. The number of H-pyrrole nitrogens is 1. The van der Waals surface area contributed by atoms with Crippen LogP contribution >= 0.6 is 0 Å². The molecule has 0 bridgehead atoms. The molecule has 234 valence electrons. The molecule has 1 saturated carbocycles. The average molecular weight is 613 g/mol. The van der Waals surface area contributed by atoms with Crippen LogP contribution in [0, 0.1) is 0 Å². The molecule has 1 aromatic carbocycles. The number of fused-ring (bicyclic) bond motifs is 1. The van der Waals surface area contributed by atoms with Crippen molar-refractivity contribution in [3.05, 3.63) is 30.1 Å². The lowest BCUT2D eigenvalue weighted by molar-refractivity contribution is 0.0380. The third-order valence-corrected chi connectivity index (χ3v) is 11.0. The number of nitrogens with one attached hydrogen (secondary N) is 3. The van der Waals surface area contributed by atoms with Gasteiger partial charge in [0.25, 0.3) is 0 Å². The van der Waals surface area contributed by atoms with E-state index in [-0.39, 0.29) is 11.7 Å². The highest BCUT2D eigenvalue weighted by Crippen LogP contribution is 2.36.